The Balaban J connectivity index is 1.50. The third kappa shape index (κ3) is 4.41. The molecule has 2 aromatic carbocycles. The van der Waals surface area contributed by atoms with Crippen molar-refractivity contribution in [2.75, 3.05) is 17.2 Å². The van der Waals surface area contributed by atoms with E-state index in [4.69, 9.17) is 0 Å². The van der Waals surface area contributed by atoms with Crippen molar-refractivity contribution < 1.29 is 19.1 Å². The topological polar surface area (TPSA) is 113 Å². The molecule has 0 atom stereocenters. The molecule has 0 aliphatic carbocycles. The van der Waals surface area contributed by atoms with Gasteiger partial charge in [-0.05, 0) is 55.3 Å². The van der Waals surface area contributed by atoms with Gasteiger partial charge in [-0.2, -0.15) is 0 Å². The number of H-pyrrole nitrogens is 1. The minimum Gasteiger partial charge on any atom is -0.459 e. The van der Waals surface area contributed by atoms with Gasteiger partial charge in [-0.25, -0.2) is 9.78 Å². The Hall–Kier alpha value is -3.72. The van der Waals surface area contributed by atoms with Crippen molar-refractivity contribution >= 4 is 61.1 Å². The molecule has 0 radical (unpaired) electrons. The lowest BCUT2D eigenvalue weighted by atomic mass is 10.1. The molecule has 31 heavy (non-hydrogen) atoms. The number of carbonyl (C=O) groups is 3. The Morgan fingerprint density at radius 1 is 1.06 bits per heavy atom. The molecule has 4 rings (SSSR count). The number of nitrogens with one attached hydrogen (secondary N) is 3. The number of carbonyl (C=O) groups excluding carboxylic acids is 3. The summed E-state index contributed by atoms with van der Waals surface area (Å²) in [5.74, 6) is -2.07. The summed E-state index contributed by atoms with van der Waals surface area (Å²) in [5.41, 5.74) is 3.65. The maximum absolute atomic E-state index is 12.7. The van der Waals surface area contributed by atoms with Gasteiger partial charge in [0.25, 0.3) is 5.91 Å². The maximum atomic E-state index is 12.7. The first-order chi connectivity index (χ1) is 15.0. The average Bonchev–Trinajstić information content (AvgIpc) is 3.36. The molecule has 0 bridgehead atoms. The van der Waals surface area contributed by atoms with Crippen LogP contribution in [-0.2, 0) is 20.7 Å². The van der Waals surface area contributed by atoms with Crippen LogP contribution in [-0.4, -0.2) is 34.4 Å². The molecular formula is C22H20N4O4S. The van der Waals surface area contributed by atoms with Gasteiger partial charge in [0, 0.05) is 16.6 Å². The highest BCUT2D eigenvalue weighted by Gasteiger charge is 2.16. The molecular weight excluding hydrogens is 416 g/mol. The van der Waals surface area contributed by atoms with Crippen LogP contribution in [0, 0.1) is 0 Å². The zero-order chi connectivity index (χ0) is 22.0. The molecule has 9 heteroatoms. The molecule has 4 aromatic rings. The molecule has 0 aliphatic rings. The number of esters is 1. The third-order valence-electron chi connectivity index (χ3n) is 4.67. The lowest BCUT2D eigenvalue weighted by Gasteiger charge is -2.04. The molecule has 2 heterocycles. The lowest BCUT2D eigenvalue weighted by molar-refractivity contribution is -0.152. The molecule has 0 aliphatic heterocycles. The van der Waals surface area contributed by atoms with Crippen LogP contribution in [0.3, 0.4) is 0 Å². The van der Waals surface area contributed by atoms with Crippen LogP contribution < -0.4 is 10.6 Å². The number of anilines is 2. The fourth-order valence-corrected chi connectivity index (χ4v) is 4.02. The number of amides is 2. The lowest BCUT2D eigenvalue weighted by Crippen LogP contribution is -2.24. The largest absolute Gasteiger partial charge is 0.459 e. The molecule has 8 nitrogen and oxygen atoms in total. The summed E-state index contributed by atoms with van der Waals surface area (Å²) in [6, 6.07) is 12.9. The van der Waals surface area contributed by atoms with Crippen molar-refractivity contribution in [1.82, 2.24) is 9.97 Å². The van der Waals surface area contributed by atoms with Crippen molar-refractivity contribution in [3.63, 3.8) is 0 Å². The molecule has 3 N–H and O–H groups in total. The number of rotatable bonds is 5. The van der Waals surface area contributed by atoms with E-state index in [1.807, 2.05) is 18.2 Å². The first-order valence-electron chi connectivity index (χ1n) is 9.78. The molecule has 0 fully saturated rings. The number of aryl methyl sites for hydroxylation is 1. The number of hydrogen-bond acceptors (Lipinski definition) is 6. The maximum Gasteiger partial charge on any atom is 0.397 e. The predicted octanol–water partition coefficient (Wildman–Crippen LogP) is 4.09. The van der Waals surface area contributed by atoms with Crippen LogP contribution in [0.5, 0.6) is 0 Å². The quantitative estimate of drug-likeness (QED) is 0.322. The minimum absolute atomic E-state index is 0.124. The van der Waals surface area contributed by atoms with E-state index in [9.17, 15) is 14.4 Å². The summed E-state index contributed by atoms with van der Waals surface area (Å²) >= 11 is 1.27. The van der Waals surface area contributed by atoms with E-state index in [1.165, 1.54) is 16.9 Å². The number of ether oxygens (including phenoxy) is 1. The zero-order valence-electron chi connectivity index (χ0n) is 16.9. The van der Waals surface area contributed by atoms with E-state index in [0.717, 1.165) is 22.0 Å². The van der Waals surface area contributed by atoms with E-state index in [-0.39, 0.29) is 12.5 Å². The summed E-state index contributed by atoms with van der Waals surface area (Å²) in [4.78, 5) is 43.5. The Labute approximate surface area is 181 Å². The van der Waals surface area contributed by atoms with Gasteiger partial charge in [-0.1, -0.05) is 24.3 Å². The highest BCUT2D eigenvalue weighted by Crippen LogP contribution is 2.29. The van der Waals surface area contributed by atoms with Gasteiger partial charge in [-0.15, -0.1) is 0 Å². The van der Waals surface area contributed by atoms with Crippen LogP contribution in [0.15, 0.2) is 42.5 Å². The summed E-state index contributed by atoms with van der Waals surface area (Å²) in [6.45, 7) is 3.84. The molecule has 0 saturated heterocycles. The third-order valence-corrected chi connectivity index (χ3v) is 5.60. The van der Waals surface area contributed by atoms with Gasteiger partial charge in [0.15, 0.2) is 5.13 Å². The zero-order valence-corrected chi connectivity index (χ0v) is 17.8. The normalized spacial score (nSPS) is 10.9. The second-order valence-corrected chi connectivity index (χ2v) is 7.82. The second kappa shape index (κ2) is 8.57. The average molecular weight is 436 g/mol. The summed E-state index contributed by atoms with van der Waals surface area (Å²) in [7, 11) is 0. The Kier molecular flexibility index (Phi) is 5.68. The van der Waals surface area contributed by atoms with Crippen LogP contribution in [0.2, 0.25) is 0 Å². The van der Waals surface area contributed by atoms with Crippen LogP contribution in [0.25, 0.3) is 21.1 Å². The standard InChI is InChI=1S/C22H20N4O4S/c1-3-12-5-7-15-13(9-12)10-17(24-15)19(27)26-22-25-16-8-6-14(11-18(16)31-22)23-20(28)21(29)30-4-2/h5-11,24H,3-4H2,1-2H3,(H,23,28)(H,25,26,27). The van der Waals surface area contributed by atoms with Gasteiger partial charge >= 0.3 is 11.9 Å². The number of thiazole rings is 1. The minimum atomic E-state index is -0.941. The Bertz CT molecular complexity index is 1310. The number of fused-ring (bicyclic) bond motifs is 2. The highest BCUT2D eigenvalue weighted by atomic mass is 32.1. The van der Waals surface area contributed by atoms with Gasteiger partial charge in [0.1, 0.15) is 5.69 Å². The van der Waals surface area contributed by atoms with Gasteiger partial charge < -0.3 is 15.0 Å². The van der Waals surface area contributed by atoms with E-state index in [2.05, 4.69) is 38.3 Å². The number of nitrogens with zero attached hydrogens (tertiary/aromatic N) is 1. The van der Waals surface area contributed by atoms with Crippen molar-refractivity contribution in [3.05, 3.63) is 53.7 Å². The van der Waals surface area contributed by atoms with Crippen molar-refractivity contribution in [1.29, 1.82) is 0 Å². The second-order valence-electron chi connectivity index (χ2n) is 6.79. The summed E-state index contributed by atoms with van der Waals surface area (Å²) in [6.07, 6.45) is 0.927. The fourth-order valence-electron chi connectivity index (χ4n) is 3.12. The Morgan fingerprint density at radius 3 is 2.68 bits per heavy atom. The molecule has 0 saturated carbocycles. The summed E-state index contributed by atoms with van der Waals surface area (Å²) in [5, 5.41) is 6.71. The molecule has 2 aromatic heterocycles. The summed E-state index contributed by atoms with van der Waals surface area (Å²) < 4.78 is 5.43. The van der Waals surface area contributed by atoms with Crippen LogP contribution >= 0.6 is 11.3 Å². The van der Waals surface area contributed by atoms with Crippen LogP contribution in [0.1, 0.15) is 29.9 Å². The Morgan fingerprint density at radius 2 is 1.90 bits per heavy atom. The number of benzene rings is 2. The monoisotopic (exact) mass is 436 g/mol. The van der Waals surface area contributed by atoms with Gasteiger partial charge in [0.2, 0.25) is 0 Å². The first kappa shape index (κ1) is 20.5. The van der Waals surface area contributed by atoms with Crippen molar-refractivity contribution in [2.45, 2.75) is 20.3 Å². The van der Waals surface area contributed by atoms with Crippen LogP contribution in [0.4, 0.5) is 10.8 Å². The van der Waals surface area contributed by atoms with Gasteiger partial charge in [-0.3, -0.25) is 14.9 Å². The van der Waals surface area contributed by atoms with E-state index in [0.29, 0.717) is 22.0 Å². The SMILES string of the molecule is CCOC(=O)C(=O)Nc1ccc2nc(NC(=O)c3cc4cc(CC)ccc4[nH]3)sc2c1. The van der Waals surface area contributed by atoms with Crippen molar-refractivity contribution in [2.24, 2.45) is 0 Å². The number of hydrogen-bond donors (Lipinski definition) is 3. The predicted molar refractivity (Wildman–Crippen MR) is 121 cm³/mol. The van der Waals surface area contributed by atoms with E-state index >= 15 is 0 Å². The van der Waals surface area contributed by atoms with Gasteiger partial charge in [0.05, 0.1) is 16.8 Å². The molecule has 2 amide bonds. The molecule has 0 spiro atoms. The highest BCUT2D eigenvalue weighted by molar-refractivity contribution is 7.22. The first-order valence-corrected chi connectivity index (χ1v) is 10.6. The molecule has 0 unspecified atom stereocenters. The van der Waals surface area contributed by atoms with Crippen molar-refractivity contribution in [3.8, 4) is 0 Å². The smallest absolute Gasteiger partial charge is 0.397 e. The number of aromatic nitrogens is 2. The number of aromatic amines is 1. The van der Waals surface area contributed by atoms with E-state index in [1.54, 1.807) is 25.1 Å². The van der Waals surface area contributed by atoms with E-state index < -0.39 is 11.9 Å². The molecule has 158 valence electrons. The fraction of sp³-hybridized carbons (Fsp3) is 0.182.